The lowest BCUT2D eigenvalue weighted by Crippen LogP contribution is -2.49. The van der Waals surface area contributed by atoms with Crippen molar-refractivity contribution in [1.29, 1.82) is 0 Å². The second-order valence-corrected chi connectivity index (χ2v) is 4.84. The number of rotatable bonds is 1. The van der Waals surface area contributed by atoms with Gasteiger partial charge in [-0.25, -0.2) is 0 Å². The van der Waals surface area contributed by atoms with Gasteiger partial charge in [-0.1, -0.05) is 0 Å². The van der Waals surface area contributed by atoms with E-state index in [0.29, 0.717) is 12.1 Å². The monoisotopic (exact) mass is 195 g/mol. The van der Waals surface area contributed by atoms with Crippen LogP contribution >= 0.6 is 0 Å². The Balaban J connectivity index is 1.82. The normalized spacial score (nSPS) is 46.2. The van der Waals surface area contributed by atoms with Gasteiger partial charge in [0.25, 0.3) is 0 Å². The van der Waals surface area contributed by atoms with Gasteiger partial charge in [0.1, 0.15) is 0 Å². The third kappa shape index (κ3) is 1.27. The van der Waals surface area contributed by atoms with Crippen molar-refractivity contribution >= 4 is 0 Å². The standard InChI is InChI=1S/C11H17NO2/c13-11(8-3-4-14-7-8)5-9-1-2-10(6-11)12-9/h7,9-10,12-13H,1-6H2. The van der Waals surface area contributed by atoms with E-state index in [1.807, 2.05) is 0 Å². The maximum atomic E-state index is 10.6. The van der Waals surface area contributed by atoms with Crippen LogP contribution in [0, 0.1) is 0 Å². The summed E-state index contributed by atoms with van der Waals surface area (Å²) in [5.74, 6) is 0. The van der Waals surface area contributed by atoms with Crippen molar-refractivity contribution < 1.29 is 9.84 Å². The van der Waals surface area contributed by atoms with E-state index in [9.17, 15) is 5.11 Å². The smallest absolute Gasteiger partial charge is 0.0919 e. The van der Waals surface area contributed by atoms with Gasteiger partial charge in [-0.15, -0.1) is 0 Å². The molecule has 78 valence electrons. The summed E-state index contributed by atoms with van der Waals surface area (Å²) in [6, 6.07) is 1.06. The molecule has 3 aliphatic rings. The van der Waals surface area contributed by atoms with Gasteiger partial charge in [0, 0.05) is 18.5 Å². The topological polar surface area (TPSA) is 41.5 Å². The van der Waals surface area contributed by atoms with Crippen LogP contribution in [0.1, 0.15) is 32.1 Å². The van der Waals surface area contributed by atoms with Crippen molar-refractivity contribution in [3.63, 3.8) is 0 Å². The molecule has 3 nitrogen and oxygen atoms in total. The van der Waals surface area contributed by atoms with Crippen LogP contribution in [0.15, 0.2) is 11.8 Å². The summed E-state index contributed by atoms with van der Waals surface area (Å²) in [7, 11) is 0. The van der Waals surface area contributed by atoms with Crippen LogP contribution in [0.4, 0.5) is 0 Å². The van der Waals surface area contributed by atoms with E-state index in [4.69, 9.17) is 4.74 Å². The van der Waals surface area contributed by atoms with E-state index < -0.39 is 5.60 Å². The molecule has 0 aromatic heterocycles. The first-order chi connectivity index (χ1) is 6.76. The highest BCUT2D eigenvalue weighted by atomic mass is 16.5. The van der Waals surface area contributed by atoms with Crippen LogP contribution in [0.5, 0.6) is 0 Å². The average molecular weight is 195 g/mol. The van der Waals surface area contributed by atoms with E-state index in [2.05, 4.69) is 5.32 Å². The van der Waals surface area contributed by atoms with Gasteiger partial charge in [0.15, 0.2) is 0 Å². The first-order valence-corrected chi connectivity index (χ1v) is 5.56. The fourth-order valence-corrected chi connectivity index (χ4v) is 3.11. The Labute approximate surface area is 84.1 Å². The van der Waals surface area contributed by atoms with E-state index in [0.717, 1.165) is 31.4 Å². The maximum absolute atomic E-state index is 10.6. The Kier molecular flexibility index (Phi) is 1.86. The van der Waals surface area contributed by atoms with Crippen molar-refractivity contribution in [2.24, 2.45) is 0 Å². The molecule has 0 aromatic carbocycles. The second-order valence-electron chi connectivity index (χ2n) is 4.84. The molecule has 2 saturated heterocycles. The lowest BCUT2D eigenvalue weighted by Gasteiger charge is -2.37. The first kappa shape index (κ1) is 8.74. The molecular weight excluding hydrogens is 178 g/mol. The molecule has 3 heterocycles. The van der Waals surface area contributed by atoms with Crippen molar-refractivity contribution in [3.05, 3.63) is 11.8 Å². The summed E-state index contributed by atoms with van der Waals surface area (Å²) in [5, 5.41) is 14.1. The fourth-order valence-electron chi connectivity index (χ4n) is 3.11. The number of fused-ring (bicyclic) bond motifs is 2. The first-order valence-electron chi connectivity index (χ1n) is 5.56. The maximum Gasteiger partial charge on any atom is 0.0919 e. The van der Waals surface area contributed by atoms with Crippen LogP contribution < -0.4 is 5.32 Å². The third-order valence-electron chi connectivity index (χ3n) is 3.82. The highest BCUT2D eigenvalue weighted by Crippen LogP contribution is 2.40. The summed E-state index contributed by atoms with van der Waals surface area (Å²) in [6.07, 6.45) is 6.89. The minimum atomic E-state index is -0.562. The fraction of sp³-hybridized carbons (Fsp3) is 0.818. The highest BCUT2D eigenvalue weighted by Gasteiger charge is 2.45. The van der Waals surface area contributed by atoms with Gasteiger partial charge in [-0.3, -0.25) is 0 Å². The summed E-state index contributed by atoms with van der Waals surface area (Å²) >= 11 is 0. The number of ether oxygens (including phenoxy) is 1. The molecule has 0 radical (unpaired) electrons. The number of piperidine rings is 1. The van der Waals surface area contributed by atoms with Gasteiger partial charge < -0.3 is 15.2 Å². The zero-order chi connectivity index (χ0) is 9.60. The summed E-state index contributed by atoms with van der Waals surface area (Å²) in [4.78, 5) is 0. The summed E-state index contributed by atoms with van der Waals surface area (Å²) in [6.45, 7) is 0.750. The summed E-state index contributed by atoms with van der Waals surface area (Å²) in [5.41, 5.74) is 0.559. The van der Waals surface area contributed by atoms with Crippen LogP contribution in [-0.4, -0.2) is 29.4 Å². The number of hydrogen-bond donors (Lipinski definition) is 2. The quantitative estimate of drug-likeness (QED) is 0.654. The molecule has 0 aliphatic carbocycles. The predicted octanol–water partition coefficient (Wildman–Crippen LogP) is 0.936. The second kappa shape index (κ2) is 2.97. The largest absolute Gasteiger partial charge is 0.501 e. The van der Waals surface area contributed by atoms with Crippen molar-refractivity contribution in [1.82, 2.24) is 5.32 Å². The lowest BCUT2D eigenvalue weighted by atomic mass is 9.81. The van der Waals surface area contributed by atoms with Gasteiger partial charge in [0.2, 0.25) is 0 Å². The van der Waals surface area contributed by atoms with Crippen LogP contribution in [0.2, 0.25) is 0 Å². The molecule has 2 unspecified atom stereocenters. The molecule has 3 heteroatoms. The van der Waals surface area contributed by atoms with Gasteiger partial charge in [-0.05, 0) is 31.3 Å². The molecule has 3 rings (SSSR count). The van der Waals surface area contributed by atoms with Gasteiger partial charge in [0.05, 0.1) is 18.5 Å². The van der Waals surface area contributed by atoms with E-state index in [-0.39, 0.29) is 0 Å². The molecule has 0 aromatic rings. The van der Waals surface area contributed by atoms with E-state index >= 15 is 0 Å². The van der Waals surface area contributed by atoms with Crippen molar-refractivity contribution in [2.45, 2.75) is 49.8 Å². The Morgan fingerprint density at radius 2 is 2.07 bits per heavy atom. The molecule has 2 N–H and O–H groups in total. The van der Waals surface area contributed by atoms with Crippen molar-refractivity contribution in [2.75, 3.05) is 6.61 Å². The molecule has 0 amide bonds. The third-order valence-corrected chi connectivity index (χ3v) is 3.82. The Morgan fingerprint density at radius 3 is 2.64 bits per heavy atom. The molecule has 2 bridgehead atoms. The van der Waals surface area contributed by atoms with Crippen LogP contribution in [-0.2, 0) is 4.74 Å². The number of nitrogens with one attached hydrogen (secondary N) is 1. The van der Waals surface area contributed by atoms with E-state index in [1.165, 1.54) is 12.8 Å². The molecule has 14 heavy (non-hydrogen) atoms. The molecule has 2 fully saturated rings. The van der Waals surface area contributed by atoms with Gasteiger partial charge in [-0.2, -0.15) is 0 Å². The SMILES string of the molecule is OC1(C2=COCC2)CC2CCC(C1)N2. The van der Waals surface area contributed by atoms with Gasteiger partial charge >= 0.3 is 0 Å². The molecule has 2 atom stereocenters. The lowest BCUT2D eigenvalue weighted by molar-refractivity contribution is 0.0258. The van der Waals surface area contributed by atoms with E-state index in [1.54, 1.807) is 6.26 Å². The molecule has 0 spiro atoms. The van der Waals surface area contributed by atoms with Crippen molar-refractivity contribution in [3.8, 4) is 0 Å². The summed E-state index contributed by atoms with van der Waals surface area (Å²) < 4.78 is 5.22. The predicted molar refractivity (Wildman–Crippen MR) is 52.8 cm³/mol. The number of aliphatic hydroxyl groups is 1. The number of hydrogen-bond acceptors (Lipinski definition) is 3. The average Bonchev–Trinajstić information content (AvgIpc) is 2.75. The minimum absolute atomic E-state index is 0.528. The minimum Gasteiger partial charge on any atom is -0.501 e. The molecular formula is C11H17NO2. The highest BCUT2D eigenvalue weighted by molar-refractivity contribution is 5.21. The Morgan fingerprint density at radius 1 is 1.36 bits per heavy atom. The molecule has 0 saturated carbocycles. The Hall–Kier alpha value is -0.540. The molecule has 3 aliphatic heterocycles. The Bertz CT molecular complexity index is 262. The zero-order valence-electron chi connectivity index (χ0n) is 8.33. The zero-order valence-corrected chi connectivity index (χ0v) is 8.33. The van der Waals surface area contributed by atoms with Crippen LogP contribution in [0.3, 0.4) is 0 Å². The van der Waals surface area contributed by atoms with Crippen LogP contribution in [0.25, 0.3) is 0 Å².